The molecule has 0 unspecified atom stereocenters. The van der Waals surface area contributed by atoms with Gasteiger partial charge in [-0.05, 0) is 24.5 Å². The molecule has 0 spiro atoms. The average Bonchev–Trinajstić information content (AvgIpc) is 2.81. The van der Waals surface area contributed by atoms with Gasteiger partial charge >= 0.3 is 0 Å². The van der Waals surface area contributed by atoms with Gasteiger partial charge in [0.25, 0.3) is 0 Å². The van der Waals surface area contributed by atoms with Crippen molar-refractivity contribution in [3.63, 3.8) is 0 Å². The molecule has 0 saturated heterocycles. The lowest BCUT2D eigenvalue weighted by Gasteiger charge is -2.04. The van der Waals surface area contributed by atoms with Crippen molar-refractivity contribution in [2.24, 2.45) is 7.05 Å². The van der Waals surface area contributed by atoms with Gasteiger partial charge in [0.05, 0.1) is 5.69 Å². The van der Waals surface area contributed by atoms with Crippen molar-refractivity contribution in [3.8, 4) is 11.3 Å². The monoisotopic (exact) mass is 256 g/mol. The molecule has 4 nitrogen and oxygen atoms in total. The Morgan fingerprint density at radius 3 is 2.78 bits per heavy atom. The first-order valence-corrected chi connectivity index (χ1v) is 6.79. The summed E-state index contributed by atoms with van der Waals surface area (Å²) in [6, 6.07) is 5.99. The lowest BCUT2D eigenvalue weighted by molar-refractivity contribution is 0.948. The number of thioether (sulfide) groups is 1. The Hall–Kier alpha value is -1.88. The Morgan fingerprint density at radius 2 is 1.94 bits per heavy atom. The third-order valence-electron chi connectivity index (χ3n) is 2.86. The van der Waals surface area contributed by atoms with Crippen molar-refractivity contribution in [2.45, 2.75) is 5.16 Å². The Morgan fingerprint density at radius 1 is 1.11 bits per heavy atom. The van der Waals surface area contributed by atoms with E-state index >= 15 is 0 Å². The van der Waals surface area contributed by atoms with Crippen LogP contribution in [0.1, 0.15) is 0 Å². The summed E-state index contributed by atoms with van der Waals surface area (Å²) in [5.74, 6) is 0. The van der Waals surface area contributed by atoms with Crippen molar-refractivity contribution in [2.75, 3.05) is 6.26 Å². The quantitative estimate of drug-likeness (QED) is 0.522. The molecule has 0 N–H and O–H groups in total. The van der Waals surface area contributed by atoms with E-state index in [4.69, 9.17) is 0 Å². The van der Waals surface area contributed by atoms with Crippen LogP contribution in [0, 0.1) is 0 Å². The van der Waals surface area contributed by atoms with E-state index in [0.29, 0.717) is 0 Å². The summed E-state index contributed by atoms with van der Waals surface area (Å²) in [6.07, 6.45) is 7.60. The molecule has 0 fully saturated rings. The molecule has 0 aromatic carbocycles. The lowest BCUT2D eigenvalue weighted by atomic mass is 10.1. The molecule has 0 atom stereocenters. The summed E-state index contributed by atoms with van der Waals surface area (Å²) in [4.78, 5) is 13.1. The normalized spacial score (nSPS) is 11.0. The molecule has 0 aliphatic rings. The first-order valence-electron chi connectivity index (χ1n) is 5.57. The van der Waals surface area contributed by atoms with Crippen LogP contribution < -0.4 is 0 Å². The third kappa shape index (κ3) is 1.76. The molecule has 0 radical (unpaired) electrons. The smallest absolute Gasteiger partial charge is 0.187 e. The molecule has 3 heterocycles. The van der Waals surface area contributed by atoms with Gasteiger partial charge in [0.1, 0.15) is 5.65 Å². The summed E-state index contributed by atoms with van der Waals surface area (Å²) in [5.41, 5.74) is 3.00. The number of fused-ring (bicyclic) bond motifs is 1. The second-order valence-electron chi connectivity index (χ2n) is 3.95. The highest BCUT2D eigenvalue weighted by Crippen LogP contribution is 2.26. The minimum absolute atomic E-state index is 0.786. The molecule has 0 aliphatic carbocycles. The molecule has 0 bridgehead atoms. The number of hydrogen-bond donors (Lipinski definition) is 0. The first-order chi connectivity index (χ1) is 8.79. The maximum atomic E-state index is 4.54. The standard InChI is InChI=1S/C13H12N4S/c1-17-8-5-10-9(3-6-14-12(10)17)11-4-7-15-13(16-11)18-2/h3-8H,1-2H3. The van der Waals surface area contributed by atoms with Crippen LogP contribution in [0.3, 0.4) is 0 Å². The molecule has 3 rings (SSSR count). The van der Waals surface area contributed by atoms with Crippen LogP contribution in [-0.2, 0) is 7.05 Å². The second-order valence-corrected chi connectivity index (χ2v) is 4.72. The highest BCUT2D eigenvalue weighted by atomic mass is 32.2. The van der Waals surface area contributed by atoms with Crippen LogP contribution in [0.25, 0.3) is 22.3 Å². The van der Waals surface area contributed by atoms with E-state index in [0.717, 1.165) is 27.4 Å². The molecule has 90 valence electrons. The zero-order valence-corrected chi connectivity index (χ0v) is 11.0. The summed E-state index contributed by atoms with van der Waals surface area (Å²) >= 11 is 1.55. The Kier molecular flexibility index (Phi) is 2.76. The van der Waals surface area contributed by atoms with Gasteiger partial charge in [0.15, 0.2) is 5.16 Å². The number of aryl methyl sites for hydroxylation is 1. The molecule has 3 aromatic rings. The Bertz CT molecular complexity index is 705. The highest BCUT2D eigenvalue weighted by Gasteiger charge is 2.08. The van der Waals surface area contributed by atoms with E-state index in [-0.39, 0.29) is 0 Å². The molecule has 0 saturated carbocycles. The van der Waals surface area contributed by atoms with Crippen LogP contribution in [0.4, 0.5) is 0 Å². The minimum atomic E-state index is 0.786. The topological polar surface area (TPSA) is 43.6 Å². The molecular weight excluding hydrogens is 244 g/mol. The van der Waals surface area contributed by atoms with Gasteiger partial charge < -0.3 is 4.57 Å². The largest absolute Gasteiger partial charge is 0.336 e. The van der Waals surface area contributed by atoms with Crippen molar-refractivity contribution < 1.29 is 0 Å². The summed E-state index contributed by atoms with van der Waals surface area (Å²) in [6.45, 7) is 0. The molecule has 18 heavy (non-hydrogen) atoms. The van der Waals surface area contributed by atoms with Crippen LogP contribution in [-0.4, -0.2) is 25.8 Å². The van der Waals surface area contributed by atoms with Gasteiger partial charge in [0.2, 0.25) is 0 Å². The van der Waals surface area contributed by atoms with E-state index in [1.54, 1.807) is 18.0 Å². The van der Waals surface area contributed by atoms with Crippen molar-refractivity contribution in [1.82, 2.24) is 19.5 Å². The fourth-order valence-electron chi connectivity index (χ4n) is 1.98. The SMILES string of the molecule is CSc1nccc(-c2ccnc3c2ccn3C)n1. The molecular formula is C13H12N4S. The molecule has 0 amide bonds. The van der Waals surface area contributed by atoms with E-state index in [1.165, 1.54) is 0 Å². The zero-order chi connectivity index (χ0) is 12.5. The maximum absolute atomic E-state index is 4.54. The van der Waals surface area contributed by atoms with Gasteiger partial charge in [0, 0.05) is 36.6 Å². The molecule has 3 aromatic heterocycles. The molecule has 5 heteroatoms. The third-order valence-corrected chi connectivity index (χ3v) is 3.42. The molecule has 0 aliphatic heterocycles. The van der Waals surface area contributed by atoms with Gasteiger partial charge in [-0.3, -0.25) is 0 Å². The van der Waals surface area contributed by atoms with Crippen molar-refractivity contribution in [1.29, 1.82) is 0 Å². The fourth-order valence-corrected chi connectivity index (χ4v) is 2.33. The fraction of sp³-hybridized carbons (Fsp3) is 0.154. The van der Waals surface area contributed by atoms with Gasteiger partial charge in [-0.2, -0.15) is 0 Å². The van der Waals surface area contributed by atoms with E-state index in [2.05, 4.69) is 21.0 Å². The predicted octanol–water partition coefficient (Wildman–Crippen LogP) is 2.75. The Balaban J connectivity index is 2.24. The van der Waals surface area contributed by atoms with E-state index in [9.17, 15) is 0 Å². The van der Waals surface area contributed by atoms with Crippen LogP contribution >= 0.6 is 11.8 Å². The number of hydrogen-bond acceptors (Lipinski definition) is 4. The first kappa shape index (κ1) is 11.2. The Labute approximate surface area is 109 Å². The van der Waals surface area contributed by atoms with Crippen molar-refractivity contribution in [3.05, 3.63) is 36.8 Å². The van der Waals surface area contributed by atoms with Gasteiger partial charge in [-0.25, -0.2) is 15.0 Å². The summed E-state index contributed by atoms with van der Waals surface area (Å²) < 4.78 is 2.01. The van der Waals surface area contributed by atoms with E-state index < -0.39 is 0 Å². The lowest BCUT2D eigenvalue weighted by Crippen LogP contribution is -1.92. The summed E-state index contributed by atoms with van der Waals surface area (Å²) in [5, 5.41) is 1.90. The number of pyridine rings is 1. The van der Waals surface area contributed by atoms with Crippen LogP contribution in [0.2, 0.25) is 0 Å². The predicted molar refractivity (Wildman–Crippen MR) is 73.5 cm³/mol. The van der Waals surface area contributed by atoms with E-state index in [1.807, 2.05) is 42.4 Å². The van der Waals surface area contributed by atoms with Crippen LogP contribution in [0.15, 0.2) is 41.9 Å². The number of rotatable bonds is 2. The number of aromatic nitrogens is 4. The van der Waals surface area contributed by atoms with Gasteiger partial charge in [-0.15, -0.1) is 0 Å². The van der Waals surface area contributed by atoms with Gasteiger partial charge in [-0.1, -0.05) is 11.8 Å². The minimum Gasteiger partial charge on any atom is -0.336 e. The van der Waals surface area contributed by atoms with Crippen LogP contribution in [0.5, 0.6) is 0 Å². The average molecular weight is 256 g/mol. The number of nitrogens with zero attached hydrogens (tertiary/aromatic N) is 4. The summed E-state index contributed by atoms with van der Waals surface area (Å²) in [7, 11) is 1.99. The zero-order valence-electron chi connectivity index (χ0n) is 10.2. The highest BCUT2D eigenvalue weighted by molar-refractivity contribution is 7.98. The second kappa shape index (κ2) is 4.42. The maximum Gasteiger partial charge on any atom is 0.187 e. The van der Waals surface area contributed by atoms with Crippen molar-refractivity contribution >= 4 is 22.8 Å².